The van der Waals surface area contributed by atoms with Crippen LogP contribution in [0, 0.1) is 0 Å². The quantitative estimate of drug-likeness (QED) is 0.741. The molecule has 0 aromatic heterocycles. The summed E-state index contributed by atoms with van der Waals surface area (Å²) in [5.74, 6) is -0.835. The van der Waals surface area contributed by atoms with E-state index in [0.29, 0.717) is 10.6 Å². The molecule has 0 saturated carbocycles. The first-order valence-corrected chi connectivity index (χ1v) is 9.50. The number of Topliss-reactive ketones (excluding diaryl/α,β-unsaturated/α-hetero) is 1. The molecule has 0 bridgehead atoms. The van der Waals surface area contributed by atoms with Gasteiger partial charge in [0, 0.05) is 28.4 Å². The maximum Gasteiger partial charge on any atom is 0.175 e. The molecule has 0 radical (unpaired) electrons. The first-order chi connectivity index (χ1) is 8.69. The molecule has 1 rings (SSSR count). The average Bonchev–Trinajstić information content (AvgIpc) is 2.29. The molecule has 8 heteroatoms. The first-order valence-electron chi connectivity index (χ1n) is 5.20. The van der Waals surface area contributed by atoms with Crippen molar-refractivity contribution in [2.45, 2.75) is 0 Å². The summed E-state index contributed by atoms with van der Waals surface area (Å²) in [6.07, 6.45) is 1.06. The van der Waals surface area contributed by atoms with Crippen molar-refractivity contribution >= 4 is 49.6 Å². The minimum absolute atomic E-state index is 0.0497. The van der Waals surface area contributed by atoms with Crippen LogP contribution >= 0.6 is 23.2 Å². The number of halogens is 2. The topological polar surface area (TPSA) is 68.3 Å². The molecule has 0 aliphatic carbocycles. The lowest BCUT2D eigenvalue weighted by Crippen LogP contribution is -2.18. The van der Waals surface area contributed by atoms with Crippen LogP contribution in [0.1, 0.15) is 10.4 Å². The standard InChI is InChI=1S/C11H12Cl2O4S2/c1-19(16,17)5-4-18(15)7-11(14)8-2-3-9(12)10(13)6-8/h2-3,6H,4-5,7H2,1H3. The van der Waals surface area contributed by atoms with Crippen molar-refractivity contribution in [2.24, 2.45) is 0 Å². The monoisotopic (exact) mass is 342 g/mol. The van der Waals surface area contributed by atoms with Crippen molar-refractivity contribution in [3.05, 3.63) is 33.8 Å². The molecule has 4 nitrogen and oxygen atoms in total. The van der Waals surface area contributed by atoms with Crippen LogP contribution in [-0.4, -0.2) is 41.9 Å². The Morgan fingerprint density at radius 1 is 1.26 bits per heavy atom. The molecule has 1 atom stereocenters. The van der Waals surface area contributed by atoms with Gasteiger partial charge in [0.05, 0.1) is 21.6 Å². The molecule has 0 saturated heterocycles. The van der Waals surface area contributed by atoms with Gasteiger partial charge < -0.3 is 0 Å². The Morgan fingerprint density at radius 3 is 2.42 bits per heavy atom. The van der Waals surface area contributed by atoms with E-state index < -0.39 is 20.6 Å². The second-order valence-corrected chi connectivity index (χ2v) is 8.62. The minimum Gasteiger partial charge on any atom is -0.293 e. The highest BCUT2D eigenvalue weighted by molar-refractivity contribution is 7.92. The Hall–Kier alpha value is -0.430. The molecule has 0 aliphatic rings. The van der Waals surface area contributed by atoms with Gasteiger partial charge in [-0.3, -0.25) is 9.00 Å². The number of hydrogen-bond acceptors (Lipinski definition) is 4. The Kier molecular flexibility index (Phi) is 5.98. The molecule has 0 spiro atoms. The van der Waals surface area contributed by atoms with E-state index >= 15 is 0 Å². The maximum atomic E-state index is 11.8. The number of rotatable bonds is 6. The van der Waals surface area contributed by atoms with Gasteiger partial charge in [-0.2, -0.15) is 0 Å². The summed E-state index contributed by atoms with van der Waals surface area (Å²) in [6, 6.07) is 4.38. The van der Waals surface area contributed by atoms with Crippen molar-refractivity contribution in [3.8, 4) is 0 Å². The molecule has 106 valence electrons. The van der Waals surface area contributed by atoms with E-state index in [1.165, 1.54) is 18.2 Å². The van der Waals surface area contributed by atoms with Gasteiger partial charge in [0.25, 0.3) is 0 Å². The third-order valence-corrected chi connectivity index (χ3v) is 5.40. The van der Waals surface area contributed by atoms with Gasteiger partial charge in [-0.1, -0.05) is 23.2 Å². The van der Waals surface area contributed by atoms with Gasteiger partial charge in [0.2, 0.25) is 0 Å². The Bertz CT molecular complexity index is 611. The van der Waals surface area contributed by atoms with Crippen LogP contribution in [-0.2, 0) is 20.6 Å². The molecule has 1 unspecified atom stereocenters. The smallest absolute Gasteiger partial charge is 0.175 e. The summed E-state index contributed by atoms with van der Waals surface area (Å²) in [6.45, 7) is 0. The van der Waals surface area contributed by atoms with Crippen LogP contribution < -0.4 is 0 Å². The van der Waals surface area contributed by atoms with Crippen LogP contribution in [0.3, 0.4) is 0 Å². The molecule has 1 aromatic carbocycles. The third kappa shape index (κ3) is 6.03. The maximum absolute atomic E-state index is 11.8. The van der Waals surface area contributed by atoms with Gasteiger partial charge in [-0.25, -0.2) is 8.42 Å². The lowest BCUT2D eigenvalue weighted by Gasteiger charge is -2.03. The summed E-state index contributed by atoms with van der Waals surface area (Å²) in [4.78, 5) is 11.8. The summed E-state index contributed by atoms with van der Waals surface area (Å²) >= 11 is 11.5. The summed E-state index contributed by atoms with van der Waals surface area (Å²) in [5, 5.41) is 0.575. The molecule has 1 aromatic rings. The molecule has 0 N–H and O–H groups in total. The van der Waals surface area contributed by atoms with Gasteiger partial charge >= 0.3 is 0 Å². The Balaban J connectivity index is 2.64. The predicted octanol–water partition coefficient (Wildman–Crippen LogP) is 1.97. The number of ketones is 1. The second-order valence-electron chi connectivity index (χ2n) is 3.97. The SMILES string of the molecule is CS(=O)(=O)CCS(=O)CC(=O)c1ccc(Cl)c(Cl)c1. The fraction of sp³-hybridized carbons (Fsp3) is 0.364. The molecule has 0 amide bonds. The normalized spacial score (nSPS) is 13.2. The molecule has 0 aliphatic heterocycles. The number of sulfone groups is 1. The average molecular weight is 343 g/mol. The Labute approximate surface area is 124 Å². The number of benzene rings is 1. The van der Waals surface area contributed by atoms with Crippen molar-refractivity contribution in [1.82, 2.24) is 0 Å². The van der Waals surface area contributed by atoms with E-state index in [-0.39, 0.29) is 28.1 Å². The number of carbonyl (C=O) groups is 1. The van der Waals surface area contributed by atoms with Gasteiger partial charge in [-0.05, 0) is 18.2 Å². The molecule has 19 heavy (non-hydrogen) atoms. The lowest BCUT2D eigenvalue weighted by molar-refractivity contribution is 0.102. The van der Waals surface area contributed by atoms with E-state index in [0.717, 1.165) is 6.26 Å². The third-order valence-electron chi connectivity index (χ3n) is 2.22. The van der Waals surface area contributed by atoms with Crippen molar-refractivity contribution in [3.63, 3.8) is 0 Å². The zero-order chi connectivity index (χ0) is 14.6. The zero-order valence-electron chi connectivity index (χ0n) is 10.1. The summed E-state index contributed by atoms with van der Waals surface area (Å²) < 4.78 is 33.4. The van der Waals surface area contributed by atoms with Crippen LogP contribution in [0.4, 0.5) is 0 Å². The van der Waals surface area contributed by atoms with E-state index in [4.69, 9.17) is 23.2 Å². The van der Waals surface area contributed by atoms with Crippen molar-refractivity contribution < 1.29 is 17.4 Å². The predicted molar refractivity (Wildman–Crippen MR) is 78.4 cm³/mol. The lowest BCUT2D eigenvalue weighted by atomic mass is 10.1. The fourth-order valence-corrected chi connectivity index (χ4v) is 4.07. The van der Waals surface area contributed by atoms with E-state index in [9.17, 15) is 17.4 Å². The fourth-order valence-electron chi connectivity index (χ4n) is 1.22. The Morgan fingerprint density at radius 2 is 1.89 bits per heavy atom. The second kappa shape index (κ2) is 6.83. The van der Waals surface area contributed by atoms with Crippen LogP contribution in [0.15, 0.2) is 18.2 Å². The molecular weight excluding hydrogens is 331 g/mol. The highest BCUT2D eigenvalue weighted by Crippen LogP contribution is 2.22. The van der Waals surface area contributed by atoms with E-state index in [1.807, 2.05) is 0 Å². The molecule has 0 heterocycles. The largest absolute Gasteiger partial charge is 0.293 e. The van der Waals surface area contributed by atoms with E-state index in [1.54, 1.807) is 0 Å². The van der Waals surface area contributed by atoms with Crippen LogP contribution in [0.5, 0.6) is 0 Å². The highest BCUT2D eigenvalue weighted by Gasteiger charge is 2.14. The van der Waals surface area contributed by atoms with Gasteiger partial charge in [-0.15, -0.1) is 0 Å². The molecule has 0 fully saturated rings. The van der Waals surface area contributed by atoms with Crippen LogP contribution in [0.25, 0.3) is 0 Å². The van der Waals surface area contributed by atoms with Gasteiger partial charge in [0.1, 0.15) is 9.84 Å². The summed E-state index contributed by atoms with van der Waals surface area (Å²) in [5.41, 5.74) is 0.308. The molecular formula is C11H12Cl2O4S2. The van der Waals surface area contributed by atoms with Crippen molar-refractivity contribution in [2.75, 3.05) is 23.5 Å². The minimum atomic E-state index is -3.17. The van der Waals surface area contributed by atoms with Gasteiger partial charge in [0.15, 0.2) is 5.78 Å². The van der Waals surface area contributed by atoms with Crippen molar-refractivity contribution in [1.29, 1.82) is 0 Å². The highest BCUT2D eigenvalue weighted by atomic mass is 35.5. The van der Waals surface area contributed by atoms with E-state index in [2.05, 4.69) is 0 Å². The number of carbonyl (C=O) groups excluding carboxylic acids is 1. The zero-order valence-corrected chi connectivity index (χ0v) is 13.2. The first kappa shape index (κ1) is 16.6. The summed E-state index contributed by atoms with van der Waals surface area (Å²) in [7, 11) is -4.69. The number of hydrogen-bond donors (Lipinski definition) is 0. The van der Waals surface area contributed by atoms with Crippen LogP contribution in [0.2, 0.25) is 10.0 Å².